The quantitative estimate of drug-likeness (QED) is 0.383. The Morgan fingerprint density at radius 2 is 2.03 bits per heavy atom. The molecule has 0 spiro atoms. The molecule has 2 heterocycles. The summed E-state index contributed by atoms with van der Waals surface area (Å²) in [6.07, 6.45) is 1.48. The molecule has 1 aliphatic rings. The molecule has 146 valence electrons. The zero-order chi connectivity index (χ0) is 20.5. The fourth-order valence-corrected chi connectivity index (χ4v) is 3.24. The highest BCUT2D eigenvalue weighted by Gasteiger charge is 2.25. The number of fused-ring (bicyclic) bond motifs is 3. The van der Waals surface area contributed by atoms with E-state index in [0.717, 1.165) is 0 Å². The van der Waals surface area contributed by atoms with Gasteiger partial charge in [0.2, 0.25) is 0 Å². The summed E-state index contributed by atoms with van der Waals surface area (Å²) in [5.41, 5.74) is 2.77. The van der Waals surface area contributed by atoms with Crippen molar-refractivity contribution in [2.75, 3.05) is 6.61 Å². The number of nitro groups is 1. The van der Waals surface area contributed by atoms with Crippen molar-refractivity contribution < 1.29 is 18.8 Å². The van der Waals surface area contributed by atoms with Crippen molar-refractivity contribution in [3.05, 3.63) is 87.2 Å². The smallest absolute Gasteiger partial charge is 0.358 e. The van der Waals surface area contributed by atoms with E-state index < -0.39 is 16.7 Å². The summed E-state index contributed by atoms with van der Waals surface area (Å²) in [6, 6.07) is 10.1. The monoisotopic (exact) mass is 394 g/mol. The first-order valence-corrected chi connectivity index (χ1v) is 8.82. The van der Waals surface area contributed by atoms with E-state index in [1.807, 2.05) is 0 Å². The van der Waals surface area contributed by atoms with Crippen LogP contribution in [-0.2, 0) is 11.3 Å². The summed E-state index contributed by atoms with van der Waals surface area (Å²) in [4.78, 5) is 31.4. The van der Waals surface area contributed by atoms with Crippen LogP contribution in [0, 0.1) is 15.9 Å². The average Bonchev–Trinajstić information content (AvgIpc) is 3.06. The SMILES string of the molecule is CCOC(=O)c1ncn2c1CN=C(c1ccc([N+](=O)[O-])cc1)c1cc(F)ccc1-2. The van der Waals surface area contributed by atoms with Crippen LogP contribution in [-0.4, -0.2) is 32.8 Å². The standard InChI is InChI=1S/C20H15FN4O4/c1-2-29-20(26)19-17-10-22-18(12-3-6-14(7-4-12)25(27)28)15-9-13(21)5-8-16(15)24(17)11-23-19/h3-9,11H,2,10H2,1H3. The molecule has 9 heteroatoms. The second kappa shape index (κ2) is 7.27. The van der Waals surface area contributed by atoms with Crippen LogP contribution >= 0.6 is 0 Å². The summed E-state index contributed by atoms with van der Waals surface area (Å²) < 4.78 is 20.8. The number of carbonyl (C=O) groups excluding carboxylic acids is 1. The molecule has 29 heavy (non-hydrogen) atoms. The van der Waals surface area contributed by atoms with Crippen LogP contribution in [0.5, 0.6) is 0 Å². The lowest BCUT2D eigenvalue weighted by molar-refractivity contribution is -0.384. The Hall–Kier alpha value is -3.88. The number of benzene rings is 2. The van der Waals surface area contributed by atoms with Gasteiger partial charge < -0.3 is 4.74 Å². The van der Waals surface area contributed by atoms with Gasteiger partial charge in [-0.3, -0.25) is 19.7 Å². The van der Waals surface area contributed by atoms with Crippen LogP contribution in [0.3, 0.4) is 0 Å². The molecule has 0 unspecified atom stereocenters. The van der Waals surface area contributed by atoms with Gasteiger partial charge in [0, 0.05) is 23.3 Å². The minimum atomic E-state index is -0.557. The van der Waals surface area contributed by atoms with E-state index in [2.05, 4.69) is 9.98 Å². The first-order chi connectivity index (χ1) is 14.0. The topological polar surface area (TPSA) is 99.6 Å². The third-order valence-electron chi connectivity index (χ3n) is 4.55. The highest BCUT2D eigenvalue weighted by Crippen LogP contribution is 2.28. The molecule has 0 amide bonds. The number of esters is 1. The Balaban J connectivity index is 1.87. The summed E-state index contributed by atoms with van der Waals surface area (Å²) in [5, 5.41) is 10.9. The van der Waals surface area contributed by atoms with Gasteiger partial charge in [0.05, 0.1) is 35.2 Å². The molecule has 3 aromatic rings. The van der Waals surface area contributed by atoms with Crippen molar-refractivity contribution in [2.24, 2.45) is 4.99 Å². The number of imidazole rings is 1. The summed E-state index contributed by atoms with van der Waals surface area (Å²) in [6.45, 7) is 2.02. The maximum Gasteiger partial charge on any atom is 0.358 e. The van der Waals surface area contributed by atoms with Crippen molar-refractivity contribution >= 4 is 17.4 Å². The first kappa shape index (κ1) is 18.5. The van der Waals surface area contributed by atoms with Crippen LogP contribution < -0.4 is 0 Å². The molecule has 0 atom stereocenters. The van der Waals surface area contributed by atoms with Gasteiger partial charge in [-0.05, 0) is 37.3 Å². The van der Waals surface area contributed by atoms with E-state index in [-0.39, 0.29) is 24.5 Å². The summed E-state index contributed by atoms with van der Waals surface area (Å²) >= 11 is 0. The number of nitro benzene ring substituents is 1. The average molecular weight is 394 g/mol. The Bertz CT molecular complexity index is 1150. The third-order valence-corrected chi connectivity index (χ3v) is 4.55. The molecule has 0 saturated carbocycles. The van der Waals surface area contributed by atoms with Crippen molar-refractivity contribution in [3.63, 3.8) is 0 Å². The Morgan fingerprint density at radius 3 is 2.72 bits per heavy atom. The van der Waals surface area contributed by atoms with Gasteiger partial charge in [-0.1, -0.05) is 0 Å². The van der Waals surface area contributed by atoms with Gasteiger partial charge in [-0.15, -0.1) is 0 Å². The fraction of sp³-hybridized carbons (Fsp3) is 0.150. The molecule has 0 fully saturated rings. The number of aromatic nitrogens is 2. The number of hydrogen-bond acceptors (Lipinski definition) is 6. The lowest BCUT2D eigenvalue weighted by atomic mass is 10.00. The molecule has 0 saturated heterocycles. The molecule has 4 rings (SSSR count). The number of nitrogens with zero attached hydrogens (tertiary/aromatic N) is 4. The van der Waals surface area contributed by atoms with E-state index >= 15 is 0 Å². The number of aliphatic imine (C=N–C) groups is 1. The minimum Gasteiger partial charge on any atom is -0.461 e. The predicted molar refractivity (Wildman–Crippen MR) is 102 cm³/mol. The highest BCUT2D eigenvalue weighted by molar-refractivity contribution is 6.15. The van der Waals surface area contributed by atoms with Gasteiger partial charge in [0.1, 0.15) is 12.1 Å². The van der Waals surface area contributed by atoms with Gasteiger partial charge >= 0.3 is 5.97 Å². The summed E-state index contributed by atoms with van der Waals surface area (Å²) in [5.74, 6) is -1.01. The number of carbonyl (C=O) groups is 1. The number of rotatable bonds is 4. The van der Waals surface area contributed by atoms with Gasteiger partial charge in [0.25, 0.3) is 5.69 Å². The molecule has 1 aliphatic heterocycles. The van der Waals surface area contributed by atoms with Crippen LogP contribution in [0.1, 0.15) is 34.2 Å². The zero-order valence-corrected chi connectivity index (χ0v) is 15.3. The van der Waals surface area contributed by atoms with Crippen LogP contribution in [0.2, 0.25) is 0 Å². The second-order valence-electron chi connectivity index (χ2n) is 6.26. The second-order valence-corrected chi connectivity index (χ2v) is 6.26. The predicted octanol–water partition coefficient (Wildman–Crippen LogP) is 3.45. The van der Waals surface area contributed by atoms with Gasteiger partial charge in [-0.2, -0.15) is 0 Å². The molecular weight excluding hydrogens is 379 g/mol. The normalized spacial score (nSPS) is 12.4. The number of non-ortho nitro benzene ring substituents is 1. The Morgan fingerprint density at radius 1 is 1.28 bits per heavy atom. The number of ether oxygens (including phenoxy) is 1. The molecule has 2 aromatic carbocycles. The maximum absolute atomic E-state index is 14.1. The van der Waals surface area contributed by atoms with E-state index in [0.29, 0.717) is 28.2 Å². The van der Waals surface area contributed by atoms with Gasteiger partial charge in [-0.25, -0.2) is 14.2 Å². The molecule has 8 nitrogen and oxygen atoms in total. The van der Waals surface area contributed by atoms with Crippen molar-refractivity contribution in [1.82, 2.24) is 9.55 Å². The number of hydrogen-bond donors (Lipinski definition) is 0. The van der Waals surface area contributed by atoms with E-state index in [9.17, 15) is 19.3 Å². The summed E-state index contributed by atoms with van der Waals surface area (Å²) in [7, 11) is 0. The van der Waals surface area contributed by atoms with E-state index in [4.69, 9.17) is 4.74 Å². The van der Waals surface area contributed by atoms with Gasteiger partial charge in [0.15, 0.2) is 5.69 Å². The van der Waals surface area contributed by atoms with Crippen molar-refractivity contribution in [1.29, 1.82) is 0 Å². The molecule has 0 N–H and O–H groups in total. The van der Waals surface area contributed by atoms with Crippen LogP contribution in [0.4, 0.5) is 10.1 Å². The highest BCUT2D eigenvalue weighted by atomic mass is 19.1. The number of halogens is 1. The largest absolute Gasteiger partial charge is 0.461 e. The van der Waals surface area contributed by atoms with Crippen molar-refractivity contribution in [3.8, 4) is 5.69 Å². The molecule has 1 aromatic heterocycles. The molecule has 0 aliphatic carbocycles. The van der Waals surface area contributed by atoms with Crippen molar-refractivity contribution in [2.45, 2.75) is 13.5 Å². The third kappa shape index (κ3) is 3.27. The van der Waals surface area contributed by atoms with Crippen LogP contribution in [0.15, 0.2) is 53.8 Å². The Kier molecular flexibility index (Phi) is 4.63. The molecular formula is C20H15FN4O4. The molecule has 0 bridgehead atoms. The maximum atomic E-state index is 14.1. The zero-order valence-electron chi connectivity index (χ0n) is 15.3. The lowest BCUT2D eigenvalue weighted by Gasteiger charge is -2.11. The molecule has 0 radical (unpaired) electrons. The van der Waals surface area contributed by atoms with E-state index in [1.165, 1.54) is 30.6 Å². The minimum absolute atomic E-state index is 0.0532. The Labute approximate surface area is 164 Å². The van der Waals surface area contributed by atoms with E-state index in [1.54, 1.807) is 29.7 Å². The lowest BCUT2D eigenvalue weighted by Crippen LogP contribution is -2.09. The van der Waals surface area contributed by atoms with Crippen LogP contribution in [0.25, 0.3) is 5.69 Å². The first-order valence-electron chi connectivity index (χ1n) is 8.82. The fourth-order valence-electron chi connectivity index (χ4n) is 3.24.